The van der Waals surface area contributed by atoms with Gasteiger partial charge in [-0.05, 0) is 29.7 Å². The predicted molar refractivity (Wildman–Crippen MR) is 78.0 cm³/mol. The lowest BCUT2D eigenvalue weighted by atomic mass is 10.1. The largest absolute Gasteiger partial charge is 0.264 e. The number of allylic oxidation sites excluding steroid dienone is 1. The highest BCUT2D eigenvalue weighted by atomic mass is 35.5. The molecule has 1 aliphatic heterocycles. The first-order chi connectivity index (χ1) is 9.74. The van der Waals surface area contributed by atoms with Crippen LogP contribution in [0.1, 0.15) is 11.1 Å². The molecule has 0 radical (unpaired) electrons. The summed E-state index contributed by atoms with van der Waals surface area (Å²) in [5, 5.41) is 1.74. The Labute approximate surface area is 122 Å². The van der Waals surface area contributed by atoms with Crippen LogP contribution in [0.15, 0.2) is 54.7 Å². The predicted octanol–water partition coefficient (Wildman–Crippen LogP) is 4.49. The fourth-order valence-electron chi connectivity index (χ4n) is 2.13. The maximum absolute atomic E-state index is 13.5. The van der Waals surface area contributed by atoms with E-state index in [4.69, 9.17) is 16.4 Å². The van der Waals surface area contributed by atoms with Crippen LogP contribution in [0.4, 0.5) is 10.1 Å². The Morgan fingerprint density at radius 2 is 2.00 bits per heavy atom. The van der Waals surface area contributed by atoms with E-state index in [1.54, 1.807) is 11.1 Å². The van der Waals surface area contributed by atoms with E-state index in [0.717, 1.165) is 16.8 Å². The molecule has 1 aliphatic rings. The molecular formula is C16H13ClFNO. The summed E-state index contributed by atoms with van der Waals surface area (Å²) in [6, 6.07) is 12.9. The SMILES string of the molecule is Fc1cc2c(cc1Cl)N(OCc1ccccc1)C=CC2. The maximum Gasteiger partial charge on any atom is 0.142 e. The molecule has 4 heteroatoms. The van der Waals surface area contributed by atoms with Gasteiger partial charge >= 0.3 is 0 Å². The van der Waals surface area contributed by atoms with E-state index in [-0.39, 0.29) is 5.02 Å². The number of hydrogen-bond donors (Lipinski definition) is 0. The average molecular weight is 290 g/mol. The van der Waals surface area contributed by atoms with Crippen LogP contribution in [0.2, 0.25) is 5.02 Å². The molecule has 2 aromatic rings. The summed E-state index contributed by atoms with van der Waals surface area (Å²) in [6.07, 6.45) is 4.44. The topological polar surface area (TPSA) is 12.5 Å². The number of rotatable bonds is 3. The van der Waals surface area contributed by atoms with Crippen molar-refractivity contribution in [2.24, 2.45) is 0 Å². The van der Waals surface area contributed by atoms with Crippen LogP contribution < -0.4 is 5.06 Å². The zero-order valence-electron chi connectivity index (χ0n) is 10.7. The first-order valence-corrected chi connectivity index (χ1v) is 6.72. The number of hydroxylamine groups is 1. The lowest BCUT2D eigenvalue weighted by molar-refractivity contribution is 0.117. The van der Waals surface area contributed by atoms with Crippen molar-refractivity contribution in [3.05, 3.63) is 76.7 Å². The first kappa shape index (κ1) is 13.2. The van der Waals surface area contributed by atoms with Crippen molar-refractivity contribution in [3.8, 4) is 0 Å². The molecule has 3 rings (SSSR count). The van der Waals surface area contributed by atoms with Gasteiger partial charge in [0.15, 0.2) is 0 Å². The monoisotopic (exact) mass is 289 g/mol. The molecule has 0 unspecified atom stereocenters. The standard InChI is InChI=1S/C16H13ClFNO/c17-14-10-16-13(9-15(14)18)7-4-8-19(16)20-11-12-5-2-1-3-6-12/h1-6,8-10H,7,11H2. The molecule has 2 aromatic carbocycles. The molecular weight excluding hydrogens is 277 g/mol. The van der Waals surface area contributed by atoms with Gasteiger partial charge < -0.3 is 0 Å². The minimum absolute atomic E-state index is 0.104. The van der Waals surface area contributed by atoms with Crippen LogP contribution in [0.5, 0.6) is 0 Å². The summed E-state index contributed by atoms with van der Waals surface area (Å²) >= 11 is 5.85. The minimum atomic E-state index is -0.399. The second kappa shape index (κ2) is 5.65. The summed E-state index contributed by atoms with van der Waals surface area (Å²) in [7, 11) is 0. The molecule has 0 bridgehead atoms. The smallest absolute Gasteiger partial charge is 0.142 e. The Morgan fingerprint density at radius 1 is 1.20 bits per heavy atom. The molecule has 20 heavy (non-hydrogen) atoms. The van der Waals surface area contributed by atoms with Crippen LogP contribution >= 0.6 is 11.6 Å². The van der Waals surface area contributed by atoms with Crippen LogP contribution in [0.25, 0.3) is 0 Å². The van der Waals surface area contributed by atoms with Gasteiger partial charge in [-0.15, -0.1) is 0 Å². The fourth-order valence-corrected chi connectivity index (χ4v) is 2.29. The highest BCUT2D eigenvalue weighted by Gasteiger charge is 2.16. The molecule has 1 heterocycles. The average Bonchev–Trinajstić information content (AvgIpc) is 2.47. The summed E-state index contributed by atoms with van der Waals surface area (Å²) in [5.41, 5.74) is 2.72. The van der Waals surface area contributed by atoms with Crippen molar-refractivity contribution in [2.75, 3.05) is 5.06 Å². The number of nitrogens with zero attached hydrogens (tertiary/aromatic N) is 1. The maximum atomic E-state index is 13.5. The van der Waals surface area contributed by atoms with Gasteiger partial charge in [0.25, 0.3) is 0 Å². The Bertz CT molecular complexity index is 642. The van der Waals surface area contributed by atoms with Crippen molar-refractivity contribution in [1.29, 1.82) is 0 Å². The van der Waals surface area contributed by atoms with Gasteiger partial charge in [0.1, 0.15) is 12.4 Å². The Morgan fingerprint density at radius 3 is 2.80 bits per heavy atom. The molecule has 2 nitrogen and oxygen atoms in total. The highest BCUT2D eigenvalue weighted by molar-refractivity contribution is 6.31. The lowest BCUT2D eigenvalue weighted by Crippen LogP contribution is -2.20. The lowest BCUT2D eigenvalue weighted by Gasteiger charge is -2.25. The highest BCUT2D eigenvalue weighted by Crippen LogP contribution is 2.31. The van der Waals surface area contributed by atoms with Crippen LogP contribution in [0, 0.1) is 5.82 Å². The number of hydrogen-bond acceptors (Lipinski definition) is 2. The molecule has 102 valence electrons. The third-order valence-electron chi connectivity index (χ3n) is 3.15. The second-order valence-corrected chi connectivity index (χ2v) is 4.98. The second-order valence-electron chi connectivity index (χ2n) is 4.57. The zero-order chi connectivity index (χ0) is 13.9. The molecule has 0 aliphatic carbocycles. The summed E-state index contributed by atoms with van der Waals surface area (Å²) in [5.74, 6) is -0.399. The number of anilines is 1. The minimum Gasteiger partial charge on any atom is -0.264 e. The molecule has 0 aromatic heterocycles. The van der Waals surface area contributed by atoms with Crippen molar-refractivity contribution < 1.29 is 9.23 Å². The number of halogens is 2. The number of fused-ring (bicyclic) bond motifs is 1. The molecule has 0 spiro atoms. The third kappa shape index (κ3) is 2.69. The van der Waals surface area contributed by atoms with E-state index < -0.39 is 5.82 Å². The summed E-state index contributed by atoms with van der Waals surface area (Å²) in [4.78, 5) is 5.76. The Kier molecular flexibility index (Phi) is 3.72. The fraction of sp³-hybridized carbons (Fsp3) is 0.125. The van der Waals surface area contributed by atoms with Crippen LogP contribution in [-0.4, -0.2) is 0 Å². The van der Waals surface area contributed by atoms with Crippen molar-refractivity contribution in [1.82, 2.24) is 0 Å². The number of benzene rings is 2. The van der Waals surface area contributed by atoms with E-state index in [9.17, 15) is 4.39 Å². The summed E-state index contributed by atoms with van der Waals surface area (Å²) in [6.45, 7) is 0.444. The molecule has 0 amide bonds. The van der Waals surface area contributed by atoms with Gasteiger partial charge in [-0.1, -0.05) is 48.0 Å². The van der Waals surface area contributed by atoms with Gasteiger partial charge in [-0.2, -0.15) is 0 Å². The third-order valence-corrected chi connectivity index (χ3v) is 3.44. The van der Waals surface area contributed by atoms with E-state index in [1.807, 2.05) is 42.6 Å². The van der Waals surface area contributed by atoms with Crippen molar-refractivity contribution in [2.45, 2.75) is 13.0 Å². The molecule has 0 fully saturated rings. The van der Waals surface area contributed by atoms with Crippen molar-refractivity contribution in [3.63, 3.8) is 0 Å². The normalized spacial score (nSPS) is 13.4. The van der Waals surface area contributed by atoms with E-state index in [2.05, 4.69) is 0 Å². The molecule has 0 N–H and O–H groups in total. The quantitative estimate of drug-likeness (QED) is 0.825. The van der Waals surface area contributed by atoms with Crippen LogP contribution in [0.3, 0.4) is 0 Å². The van der Waals surface area contributed by atoms with E-state index in [1.165, 1.54) is 6.07 Å². The summed E-state index contributed by atoms with van der Waals surface area (Å²) < 4.78 is 13.5. The van der Waals surface area contributed by atoms with Crippen molar-refractivity contribution >= 4 is 17.3 Å². The van der Waals surface area contributed by atoms with E-state index >= 15 is 0 Å². The first-order valence-electron chi connectivity index (χ1n) is 6.35. The Balaban J connectivity index is 1.80. The Hall–Kier alpha value is -1.84. The van der Waals surface area contributed by atoms with Gasteiger partial charge in [0, 0.05) is 6.20 Å². The van der Waals surface area contributed by atoms with Gasteiger partial charge in [0.2, 0.25) is 0 Å². The van der Waals surface area contributed by atoms with Gasteiger partial charge in [0.05, 0.1) is 10.7 Å². The van der Waals surface area contributed by atoms with E-state index in [0.29, 0.717) is 13.0 Å². The molecule has 0 saturated heterocycles. The van der Waals surface area contributed by atoms with Gasteiger partial charge in [-0.25, -0.2) is 9.45 Å². The van der Waals surface area contributed by atoms with Gasteiger partial charge in [-0.3, -0.25) is 4.84 Å². The van der Waals surface area contributed by atoms with Crippen LogP contribution in [-0.2, 0) is 17.9 Å². The molecule has 0 atom stereocenters. The molecule has 0 saturated carbocycles. The zero-order valence-corrected chi connectivity index (χ0v) is 11.5.